The van der Waals surface area contributed by atoms with Gasteiger partial charge in [-0.25, -0.2) is 4.98 Å². The molecule has 0 bridgehead atoms. The zero-order valence-electron chi connectivity index (χ0n) is 14.4. The van der Waals surface area contributed by atoms with Gasteiger partial charge in [-0.3, -0.25) is 9.59 Å². The Morgan fingerprint density at radius 1 is 1.40 bits per heavy atom. The van der Waals surface area contributed by atoms with Crippen LogP contribution in [0.25, 0.3) is 0 Å². The number of aryl methyl sites for hydroxylation is 1. The maximum Gasteiger partial charge on any atom is 0.253 e. The third kappa shape index (κ3) is 6.15. The minimum absolute atomic E-state index is 0.115. The third-order valence-corrected chi connectivity index (χ3v) is 4.41. The second-order valence-corrected chi connectivity index (χ2v) is 6.50. The molecule has 134 valence electrons. The molecular weight excluding hydrogens is 338 g/mol. The minimum Gasteiger partial charge on any atom is -0.383 e. The SMILES string of the molecule is CCN(CCNC(=O)CSc1nc(N)cc(=O)[nH]1)c1cccc(C)c1. The van der Waals surface area contributed by atoms with Crippen LogP contribution >= 0.6 is 11.8 Å². The maximum atomic E-state index is 11.9. The van der Waals surface area contributed by atoms with E-state index in [1.165, 1.54) is 11.6 Å². The molecule has 0 aliphatic rings. The Hall–Kier alpha value is -2.48. The first-order valence-electron chi connectivity index (χ1n) is 8.06. The number of nitrogens with one attached hydrogen (secondary N) is 2. The number of aromatic nitrogens is 2. The van der Waals surface area contributed by atoms with Crippen LogP contribution in [0.4, 0.5) is 11.5 Å². The first-order chi connectivity index (χ1) is 12.0. The Kier molecular flexibility index (Phi) is 6.88. The van der Waals surface area contributed by atoms with E-state index < -0.39 is 0 Å². The summed E-state index contributed by atoms with van der Waals surface area (Å²) in [5, 5.41) is 3.22. The Morgan fingerprint density at radius 2 is 2.20 bits per heavy atom. The number of benzene rings is 1. The standard InChI is InChI=1S/C17H23N5O2S/c1-3-22(13-6-4-5-12(2)9-13)8-7-19-16(24)11-25-17-20-14(18)10-15(23)21-17/h4-6,9-10H,3,7-8,11H2,1-2H3,(H,19,24)(H3,18,20,21,23). The first-order valence-corrected chi connectivity index (χ1v) is 9.04. The molecular formula is C17H23N5O2S. The van der Waals surface area contributed by atoms with Crippen LogP contribution in [0.2, 0.25) is 0 Å². The molecule has 0 aliphatic heterocycles. The summed E-state index contributed by atoms with van der Waals surface area (Å²) >= 11 is 1.15. The molecule has 0 saturated carbocycles. The molecule has 7 nitrogen and oxygen atoms in total. The van der Waals surface area contributed by atoms with E-state index in [1.807, 2.05) is 6.07 Å². The lowest BCUT2D eigenvalue weighted by atomic mass is 10.2. The number of aromatic amines is 1. The monoisotopic (exact) mass is 361 g/mol. The Bertz CT molecular complexity index is 778. The molecule has 2 aromatic rings. The number of amides is 1. The Morgan fingerprint density at radius 3 is 2.88 bits per heavy atom. The number of nitrogens with zero attached hydrogens (tertiary/aromatic N) is 2. The normalized spacial score (nSPS) is 10.5. The van der Waals surface area contributed by atoms with Crippen LogP contribution in [0.15, 0.2) is 40.3 Å². The number of rotatable bonds is 8. The molecule has 1 aromatic heterocycles. The summed E-state index contributed by atoms with van der Waals surface area (Å²) in [5.74, 6) is 0.196. The topological polar surface area (TPSA) is 104 Å². The van der Waals surface area contributed by atoms with Gasteiger partial charge in [0, 0.05) is 31.4 Å². The van der Waals surface area contributed by atoms with Gasteiger partial charge in [0.2, 0.25) is 5.91 Å². The molecule has 1 aromatic carbocycles. The van der Waals surface area contributed by atoms with Gasteiger partial charge in [-0.1, -0.05) is 23.9 Å². The number of anilines is 2. The van der Waals surface area contributed by atoms with Crippen molar-refractivity contribution >= 4 is 29.2 Å². The fraction of sp³-hybridized carbons (Fsp3) is 0.353. The van der Waals surface area contributed by atoms with Gasteiger partial charge in [0.1, 0.15) is 5.82 Å². The van der Waals surface area contributed by atoms with Gasteiger partial charge in [-0.2, -0.15) is 0 Å². The molecule has 0 spiro atoms. The maximum absolute atomic E-state index is 11.9. The highest BCUT2D eigenvalue weighted by molar-refractivity contribution is 7.99. The number of nitrogen functional groups attached to an aromatic ring is 1. The zero-order valence-corrected chi connectivity index (χ0v) is 15.2. The predicted octanol–water partition coefficient (Wildman–Crippen LogP) is 1.40. The minimum atomic E-state index is -0.327. The van der Waals surface area contributed by atoms with Crippen molar-refractivity contribution in [2.45, 2.75) is 19.0 Å². The third-order valence-electron chi connectivity index (χ3n) is 3.53. The lowest BCUT2D eigenvalue weighted by molar-refractivity contribution is -0.118. The first kappa shape index (κ1) is 18.9. The fourth-order valence-electron chi connectivity index (χ4n) is 2.33. The van der Waals surface area contributed by atoms with E-state index in [4.69, 9.17) is 5.73 Å². The molecule has 25 heavy (non-hydrogen) atoms. The van der Waals surface area contributed by atoms with Crippen molar-refractivity contribution < 1.29 is 4.79 Å². The second kappa shape index (κ2) is 9.12. The van der Waals surface area contributed by atoms with E-state index in [2.05, 4.69) is 52.2 Å². The van der Waals surface area contributed by atoms with Crippen molar-refractivity contribution in [1.29, 1.82) is 0 Å². The molecule has 0 saturated heterocycles. The number of carbonyl (C=O) groups is 1. The van der Waals surface area contributed by atoms with Crippen LogP contribution in [-0.2, 0) is 4.79 Å². The van der Waals surface area contributed by atoms with E-state index >= 15 is 0 Å². The molecule has 0 atom stereocenters. The van der Waals surface area contributed by atoms with Gasteiger partial charge < -0.3 is 20.9 Å². The molecule has 1 amide bonds. The summed E-state index contributed by atoms with van der Waals surface area (Å²) in [6.45, 7) is 6.28. The van der Waals surface area contributed by atoms with Crippen molar-refractivity contribution in [3.63, 3.8) is 0 Å². The average Bonchev–Trinajstić information content (AvgIpc) is 2.56. The molecule has 8 heteroatoms. The second-order valence-electron chi connectivity index (χ2n) is 5.53. The predicted molar refractivity (Wildman–Crippen MR) is 102 cm³/mol. The van der Waals surface area contributed by atoms with E-state index in [9.17, 15) is 9.59 Å². The van der Waals surface area contributed by atoms with Gasteiger partial charge in [0.05, 0.1) is 5.75 Å². The number of likely N-dealkylation sites (N-methyl/N-ethyl adjacent to an activating group) is 1. The Balaban J connectivity index is 1.78. The van der Waals surface area contributed by atoms with Crippen LogP contribution in [0.5, 0.6) is 0 Å². The Labute approximate surface area is 151 Å². The van der Waals surface area contributed by atoms with Crippen molar-refractivity contribution in [1.82, 2.24) is 15.3 Å². The number of thioether (sulfide) groups is 1. The van der Waals surface area contributed by atoms with Gasteiger partial charge in [0.15, 0.2) is 5.16 Å². The summed E-state index contributed by atoms with van der Waals surface area (Å²) in [6, 6.07) is 9.49. The largest absolute Gasteiger partial charge is 0.383 e. The summed E-state index contributed by atoms with van der Waals surface area (Å²) in [5.41, 5.74) is 7.54. The van der Waals surface area contributed by atoms with Gasteiger partial charge in [-0.05, 0) is 31.5 Å². The van der Waals surface area contributed by atoms with Gasteiger partial charge in [-0.15, -0.1) is 0 Å². The summed E-state index contributed by atoms with van der Waals surface area (Å²) in [6.07, 6.45) is 0. The number of H-pyrrole nitrogens is 1. The fourth-order valence-corrected chi connectivity index (χ4v) is 3.04. The zero-order chi connectivity index (χ0) is 18.2. The van der Waals surface area contributed by atoms with Crippen LogP contribution in [0, 0.1) is 6.92 Å². The number of hydrogen-bond donors (Lipinski definition) is 3. The smallest absolute Gasteiger partial charge is 0.253 e. The number of nitrogens with two attached hydrogens (primary N) is 1. The molecule has 1 heterocycles. The van der Waals surface area contributed by atoms with Crippen molar-refractivity contribution in [2.24, 2.45) is 0 Å². The molecule has 4 N–H and O–H groups in total. The number of carbonyl (C=O) groups excluding carboxylic acids is 1. The van der Waals surface area contributed by atoms with Crippen LogP contribution in [-0.4, -0.2) is 41.3 Å². The van der Waals surface area contributed by atoms with Crippen molar-refractivity contribution in [2.75, 3.05) is 36.0 Å². The van der Waals surface area contributed by atoms with E-state index in [1.54, 1.807) is 0 Å². The molecule has 0 radical (unpaired) electrons. The van der Waals surface area contributed by atoms with Gasteiger partial charge in [0.25, 0.3) is 5.56 Å². The molecule has 0 unspecified atom stereocenters. The van der Waals surface area contributed by atoms with Crippen LogP contribution in [0.3, 0.4) is 0 Å². The summed E-state index contributed by atoms with van der Waals surface area (Å²) in [7, 11) is 0. The molecule has 2 rings (SSSR count). The van der Waals surface area contributed by atoms with Crippen LogP contribution < -0.4 is 21.5 Å². The molecule has 0 aliphatic carbocycles. The average molecular weight is 361 g/mol. The van der Waals surface area contributed by atoms with Crippen molar-refractivity contribution in [3.05, 3.63) is 46.2 Å². The summed E-state index contributed by atoms with van der Waals surface area (Å²) < 4.78 is 0. The lowest BCUT2D eigenvalue weighted by Gasteiger charge is -2.23. The van der Waals surface area contributed by atoms with E-state index in [-0.39, 0.29) is 23.0 Å². The van der Waals surface area contributed by atoms with E-state index in [0.29, 0.717) is 11.7 Å². The lowest BCUT2D eigenvalue weighted by Crippen LogP contribution is -2.35. The highest BCUT2D eigenvalue weighted by Gasteiger charge is 2.08. The van der Waals surface area contributed by atoms with Gasteiger partial charge >= 0.3 is 0 Å². The quantitative estimate of drug-likeness (QED) is 0.485. The van der Waals surface area contributed by atoms with Crippen molar-refractivity contribution in [3.8, 4) is 0 Å². The summed E-state index contributed by atoms with van der Waals surface area (Å²) in [4.78, 5) is 32.0. The highest BCUT2D eigenvalue weighted by atomic mass is 32.2. The number of hydrogen-bond acceptors (Lipinski definition) is 6. The molecule has 0 fully saturated rings. The highest BCUT2D eigenvalue weighted by Crippen LogP contribution is 2.15. The van der Waals surface area contributed by atoms with Crippen LogP contribution in [0.1, 0.15) is 12.5 Å². The van der Waals surface area contributed by atoms with E-state index in [0.717, 1.165) is 30.5 Å².